The van der Waals surface area contributed by atoms with Crippen LogP contribution in [0.25, 0.3) is 5.65 Å². The molecular formula is C11H12N2O2. The second-order valence-corrected chi connectivity index (χ2v) is 3.41. The van der Waals surface area contributed by atoms with Gasteiger partial charge >= 0.3 is 5.97 Å². The maximum atomic E-state index is 11.0. The molecule has 1 N–H and O–H groups in total. The third-order valence-corrected chi connectivity index (χ3v) is 2.49. The van der Waals surface area contributed by atoms with Crippen molar-refractivity contribution < 1.29 is 9.90 Å². The summed E-state index contributed by atoms with van der Waals surface area (Å²) in [6.07, 6.45) is 0.775. The van der Waals surface area contributed by atoms with Gasteiger partial charge in [0.15, 0.2) is 0 Å². The lowest BCUT2D eigenvalue weighted by molar-refractivity contribution is 0.0688. The molecule has 0 aliphatic rings. The summed E-state index contributed by atoms with van der Waals surface area (Å²) >= 11 is 0. The molecule has 0 spiro atoms. The average Bonchev–Trinajstić information content (AvgIpc) is 2.52. The van der Waals surface area contributed by atoms with E-state index >= 15 is 0 Å². The first-order valence-electron chi connectivity index (χ1n) is 4.85. The van der Waals surface area contributed by atoms with Crippen molar-refractivity contribution in [1.29, 1.82) is 0 Å². The molecule has 0 atom stereocenters. The summed E-state index contributed by atoms with van der Waals surface area (Å²) in [6, 6.07) is 5.12. The van der Waals surface area contributed by atoms with Gasteiger partial charge in [0.25, 0.3) is 0 Å². The van der Waals surface area contributed by atoms with Crippen LogP contribution in [0.3, 0.4) is 0 Å². The molecule has 2 aromatic rings. The van der Waals surface area contributed by atoms with Gasteiger partial charge in [-0.3, -0.25) is 4.40 Å². The zero-order valence-corrected chi connectivity index (χ0v) is 8.69. The van der Waals surface area contributed by atoms with Crippen molar-refractivity contribution in [2.45, 2.75) is 20.3 Å². The predicted molar refractivity (Wildman–Crippen MR) is 56.3 cm³/mol. The minimum atomic E-state index is -0.923. The fraction of sp³-hybridized carbons (Fsp3) is 0.273. The quantitative estimate of drug-likeness (QED) is 0.812. The SMILES string of the molecule is CCc1c(C)nc2cccc(C(=O)O)n12. The molecule has 0 fully saturated rings. The second-order valence-electron chi connectivity index (χ2n) is 3.41. The van der Waals surface area contributed by atoms with Gasteiger partial charge in [0.2, 0.25) is 0 Å². The highest BCUT2D eigenvalue weighted by Gasteiger charge is 2.13. The van der Waals surface area contributed by atoms with Crippen molar-refractivity contribution in [2.24, 2.45) is 0 Å². The lowest BCUT2D eigenvalue weighted by Gasteiger charge is -2.03. The second kappa shape index (κ2) is 3.38. The van der Waals surface area contributed by atoms with Crippen molar-refractivity contribution in [3.8, 4) is 0 Å². The number of fused-ring (bicyclic) bond motifs is 1. The number of aromatic carboxylic acids is 1. The van der Waals surface area contributed by atoms with Crippen LogP contribution in [0.1, 0.15) is 28.8 Å². The summed E-state index contributed by atoms with van der Waals surface area (Å²) in [5, 5.41) is 9.06. The molecule has 15 heavy (non-hydrogen) atoms. The number of carboxylic acid groups (broad SMARTS) is 1. The van der Waals surface area contributed by atoms with E-state index in [9.17, 15) is 4.79 Å². The number of hydrogen-bond donors (Lipinski definition) is 1. The van der Waals surface area contributed by atoms with E-state index in [1.165, 1.54) is 0 Å². The number of pyridine rings is 1. The van der Waals surface area contributed by atoms with Crippen molar-refractivity contribution in [1.82, 2.24) is 9.38 Å². The van der Waals surface area contributed by atoms with Crippen molar-refractivity contribution >= 4 is 11.6 Å². The highest BCUT2D eigenvalue weighted by atomic mass is 16.4. The Bertz CT molecular complexity index is 529. The number of carboxylic acids is 1. The van der Waals surface area contributed by atoms with Crippen LogP contribution in [0, 0.1) is 6.92 Å². The topological polar surface area (TPSA) is 54.6 Å². The van der Waals surface area contributed by atoms with Crippen LogP contribution in [-0.2, 0) is 6.42 Å². The van der Waals surface area contributed by atoms with Crippen LogP contribution in [-0.4, -0.2) is 20.5 Å². The normalized spacial score (nSPS) is 10.8. The first kappa shape index (κ1) is 9.71. The Kier molecular flexibility index (Phi) is 2.19. The summed E-state index contributed by atoms with van der Waals surface area (Å²) in [5.74, 6) is -0.923. The minimum Gasteiger partial charge on any atom is -0.477 e. The van der Waals surface area contributed by atoms with Crippen molar-refractivity contribution in [3.63, 3.8) is 0 Å². The van der Waals surface area contributed by atoms with E-state index in [-0.39, 0.29) is 5.69 Å². The molecule has 0 amide bonds. The lowest BCUT2D eigenvalue weighted by Crippen LogP contribution is -2.07. The van der Waals surface area contributed by atoms with Crippen LogP contribution in [0.5, 0.6) is 0 Å². The number of hydrogen-bond acceptors (Lipinski definition) is 2. The number of imidazole rings is 1. The van der Waals surface area contributed by atoms with Gasteiger partial charge in [0.1, 0.15) is 11.3 Å². The fourth-order valence-electron chi connectivity index (χ4n) is 1.85. The summed E-state index contributed by atoms with van der Waals surface area (Å²) < 4.78 is 1.71. The maximum Gasteiger partial charge on any atom is 0.352 e. The Morgan fingerprint density at radius 1 is 1.53 bits per heavy atom. The number of aryl methyl sites for hydroxylation is 2. The molecule has 0 unspecified atom stereocenters. The number of nitrogens with zero attached hydrogens (tertiary/aromatic N) is 2. The molecule has 0 saturated heterocycles. The summed E-state index contributed by atoms with van der Waals surface area (Å²) in [5.41, 5.74) is 2.82. The van der Waals surface area contributed by atoms with Crippen LogP contribution in [0.2, 0.25) is 0 Å². The highest BCUT2D eigenvalue weighted by molar-refractivity contribution is 5.86. The molecule has 2 rings (SSSR count). The third kappa shape index (κ3) is 1.38. The standard InChI is InChI=1S/C11H12N2O2/c1-3-8-7(2)12-10-6-4-5-9(11(14)15)13(8)10/h4-6H,3H2,1-2H3,(H,14,15). The summed E-state index contributed by atoms with van der Waals surface area (Å²) in [6.45, 7) is 3.90. The first-order valence-corrected chi connectivity index (χ1v) is 4.85. The zero-order chi connectivity index (χ0) is 11.0. The third-order valence-electron chi connectivity index (χ3n) is 2.49. The van der Waals surface area contributed by atoms with Crippen molar-refractivity contribution in [2.75, 3.05) is 0 Å². The van der Waals surface area contributed by atoms with E-state index in [1.807, 2.05) is 19.9 Å². The monoisotopic (exact) mass is 204 g/mol. The van der Waals surface area contributed by atoms with Gasteiger partial charge in [-0.2, -0.15) is 0 Å². The van der Waals surface area contributed by atoms with Gasteiger partial charge < -0.3 is 5.11 Å². The molecule has 0 aliphatic heterocycles. The fourth-order valence-corrected chi connectivity index (χ4v) is 1.85. The summed E-state index contributed by atoms with van der Waals surface area (Å²) in [4.78, 5) is 15.4. The van der Waals surface area contributed by atoms with Crippen LogP contribution in [0.15, 0.2) is 18.2 Å². The molecule has 78 valence electrons. The van der Waals surface area contributed by atoms with E-state index in [1.54, 1.807) is 16.5 Å². The van der Waals surface area contributed by atoms with Gasteiger partial charge in [-0.1, -0.05) is 13.0 Å². The Labute approximate surface area is 87.2 Å². The molecule has 0 radical (unpaired) electrons. The van der Waals surface area contributed by atoms with Gasteiger partial charge in [0.05, 0.1) is 5.69 Å². The van der Waals surface area contributed by atoms with E-state index in [0.29, 0.717) is 5.65 Å². The Morgan fingerprint density at radius 3 is 2.87 bits per heavy atom. The van der Waals surface area contributed by atoms with Gasteiger partial charge in [-0.25, -0.2) is 9.78 Å². The Morgan fingerprint density at radius 2 is 2.27 bits per heavy atom. The van der Waals surface area contributed by atoms with Crippen molar-refractivity contribution in [3.05, 3.63) is 35.3 Å². The van der Waals surface area contributed by atoms with Crippen LogP contribution >= 0.6 is 0 Å². The molecule has 4 heteroatoms. The highest BCUT2D eigenvalue weighted by Crippen LogP contribution is 2.15. The zero-order valence-electron chi connectivity index (χ0n) is 8.69. The molecular weight excluding hydrogens is 192 g/mol. The molecule has 0 saturated carbocycles. The Balaban J connectivity index is 2.87. The summed E-state index contributed by atoms with van der Waals surface area (Å²) in [7, 11) is 0. The predicted octanol–water partition coefficient (Wildman–Crippen LogP) is 1.90. The molecule has 0 aliphatic carbocycles. The van der Waals surface area contributed by atoms with Gasteiger partial charge in [-0.05, 0) is 25.5 Å². The van der Waals surface area contributed by atoms with Gasteiger partial charge in [-0.15, -0.1) is 0 Å². The molecule has 4 nitrogen and oxygen atoms in total. The molecule has 2 aromatic heterocycles. The minimum absolute atomic E-state index is 0.268. The Hall–Kier alpha value is -1.84. The number of rotatable bonds is 2. The first-order chi connectivity index (χ1) is 7.15. The van der Waals surface area contributed by atoms with E-state index < -0.39 is 5.97 Å². The average molecular weight is 204 g/mol. The molecule has 0 aromatic carbocycles. The lowest BCUT2D eigenvalue weighted by atomic mass is 10.2. The van der Waals surface area contributed by atoms with E-state index in [0.717, 1.165) is 17.8 Å². The smallest absolute Gasteiger partial charge is 0.352 e. The van der Waals surface area contributed by atoms with E-state index in [4.69, 9.17) is 5.11 Å². The van der Waals surface area contributed by atoms with Gasteiger partial charge in [0, 0.05) is 5.69 Å². The number of aromatic nitrogens is 2. The van der Waals surface area contributed by atoms with Crippen LogP contribution in [0.4, 0.5) is 0 Å². The largest absolute Gasteiger partial charge is 0.477 e. The maximum absolute atomic E-state index is 11.0. The molecule has 0 bridgehead atoms. The van der Waals surface area contributed by atoms with E-state index in [2.05, 4.69) is 4.98 Å². The number of carbonyl (C=O) groups is 1. The van der Waals surface area contributed by atoms with Crippen LogP contribution < -0.4 is 0 Å². The molecule has 2 heterocycles.